The molecule has 0 aliphatic rings. The van der Waals surface area contributed by atoms with Crippen molar-refractivity contribution in [3.8, 4) is 124 Å². The minimum Gasteiger partial charge on any atom is -0.421 e. The van der Waals surface area contributed by atoms with E-state index in [-0.39, 0.29) is 60.8 Å². The molecule has 0 bridgehead atoms. The fourth-order valence-electron chi connectivity index (χ4n) is 14.2. The lowest BCUT2D eigenvalue weighted by Gasteiger charge is -2.15. The Morgan fingerprint density at radius 3 is 1.11 bits per heavy atom. The Labute approximate surface area is 677 Å². The van der Waals surface area contributed by atoms with Crippen molar-refractivity contribution in [3.63, 3.8) is 0 Å². The lowest BCUT2D eigenvalue weighted by Crippen LogP contribution is -2.10. The van der Waals surface area contributed by atoms with E-state index in [4.69, 9.17) is 14.9 Å². The molecule has 15 nitrogen and oxygen atoms in total. The zero-order valence-electron chi connectivity index (χ0n) is 63.1. The topological polar surface area (TPSA) is 198 Å². The molecule has 0 unspecified atom stereocenters. The third-order valence-electron chi connectivity index (χ3n) is 19.7. The van der Waals surface area contributed by atoms with Crippen LogP contribution in [0.3, 0.4) is 0 Å². The number of nitrogens with zero attached hydrogens (tertiary/aromatic N) is 10. The van der Waals surface area contributed by atoms with Gasteiger partial charge in [0.05, 0.1) is 101 Å². The molecule has 120 heavy (non-hydrogen) atoms. The Kier molecular flexibility index (Phi) is 22.1. The molecule has 10 aromatic heterocycles. The molecule has 18 rings (SSSR count). The Morgan fingerprint density at radius 1 is 0.317 bits per heavy atom. The SMILES string of the molecule is Cc1nnc(-c2ccc(C)c(-c3c(=O)ccn4c(-c5ccc(F)cc5F)cccc34)c2)o1.Cc1nnc(-c2ccc(C)c(-c3c(=O)ccn4c(-c5ccc(F)cc5F)cccc34)c2)s1.N#Cc1cc(F)c(-c2c(=O)ccn3c(-c4ccc(F)cc4)cccc23)c(F)c1.N#Cc1cc(F)c(-c2c(=O)ccn3c(-c4ccccc4F)cccc23)c(F)c1. The van der Waals surface area contributed by atoms with Gasteiger partial charge in [-0.25, -0.2) is 43.9 Å². The van der Waals surface area contributed by atoms with E-state index >= 15 is 0 Å². The summed E-state index contributed by atoms with van der Waals surface area (Å²) in [4.78, 5) is 51.1. The highest BCUT2D eigenvalue weighted by molar-refractivity contribution is 7.14. The van der Waals surface area contributed by atoms with Crippen LogP contribution in [0.2, 0.25) is 0 Å². The number of pyridine rings is 8. The third-order valence-corrected chi connectivity index (χ3v) is 20.6. The first-order valence-corrected chi connectivity index (χ1v) is 37.3. The van der Waals surface area contributed by atoms with Crippen LogP contribution in [0.25, 0.3) is 134 Å². The molecule has 0 N–H and O–H groups in total. The number of benzene rings is 8. The van der Waals surface area contributed by atoms with Crippen molar-refractivity contribution in [1.82, 2.24) is 38.0 Å². The van der Waals surface area contributed by atoms with Gasteiger partial charge in [0, 0.05) is 95.9 Å². The van der Waals surface area contributed by atoms with Crippen LogP contribution >= 0.6 is 11.3 Å². The Hall–Kier alpha value is -15.5. The van der Waals surface area contributed by atoms with Gasteiger partial charge in [0.2, 0.25) is 11.8 Å². The molecule has 588 valence electrons. The monoisotopic (exact) mass is 1630 g/mol. The molecular formula is C94H56F10N10O5S. The fraction of sp³-hybridized carbons (Fsp3) is 0.0426. The van der Waals surface area contributed by atoms with E-state index in [2.05, 4.69) is 20.4 Å². The number of hydrogen-bond acceptors (Lipinski definition) is 12. The second-order valence-electron chi connectivity index (χ2n) is 27.3. The molecule has 26 heteroatoms. The molecule has 0 fully saturated rings. The maximum Gasteiger partial charge on any atom is 0.247 e. The van der Waals surface area contributed by atoms with E-state index in [0.717, 1.165) is 68.7 Å². The highest BCUT2D eigenvalue weighted by Crippen LogP contribution is 2.38. The van der Waals surface area contributed by atoms with Crippen LogP contribution < -0.4 is 21.7 Å². The van der Waals surface area contributed by atoms with Crippen molar-refractivity contribution in [2.75, 3.05) is 0 Å². The maximum atomic E-state index is 14.6. The molecule has 0 radical (unpaired) electrons. The lowest BCUT2D eigenvalue weighted by atomic mass is 9.96. The van der Waals surface area contributed by atoms with Crippen molar-refractivity contribution < 1.29 is 48.3 Å². The average Bonchev–Trinajstić information content (AvgIpc) is 0.830. The van der Waals surface area contributed by atoms with Gasteiger partial charge in [0.1, 0.15) is 68.2 Å². The number of fused-ring (bicyclic) bond motifs is 4. The van der Waals surface area contributed by atoms with Crippen molar-refractivity contribution in [3.05, 3.63) is 400 Å². The summed E-state index contributed by atoms with van der Waals surface area (Å²) in [5, 5.41) is 35.6. The largest absolute Gasteiger partial charge is 0.421 e. The van der Waals surface area contributed by atoms with Crippen LogP contribution in [0, 0.1) is 109 Å². The van der Waals surface area contributed by atoms with E-state index in [1.807, 2.05) is 63.2 Å². The van der Waals surface area contributed by atoms with Crippen molar-refractivity contribution in [1.29, 1.82) is 10.5 Å². The third kappa shape index (κ3) is 15.7. The molecule has 0 amide bonds. The number of nitriles is 2. The van der Waals surface area contributed by atoms with E-state index in [1.54, 1.807) is 136 Å². The Balaban J connectivity index is 0.000000125. The number of aryl methyl sites for hydroxylation is 4. The number of rotatable bonds is 10. The normalized spacial score (nSPS) is 11.0. The summed E-state index contributed by atoms with van der Waals surface area (Å²) in [6.45, 7) is 7.45. The molecule has 0 saturated heterocycles. The zero-order valence-corrected chi connectivity index (χ0v) is 63.9. The van der Waals surface area contributed by atoms with Crippen LogP contribution in [0.1, 0.15) is 33.2 Å². The molecule has 0 aliphatic heterocycles. The molecule has 0 aliphatic carbocycles. The molecule has 10 heterocycles. The van der Waals surface area contributed by atoms with Gasteiger partial charge >= 0.3 is 0 Å². The van der Waals surface area contributed by atoms with Crippen molar-refractivity contribution in [2.45, 2.75) is 27.7 Å². The molecule has 8 aromatic carbocycles. The van der Waals surface area contributed by atoms with Gasteiger partial charge < -0.3 is 22.0 Å². The number of hydrogen-bond donors (Lipinski definition) is 0. The smallest absolute Gasteiger partial charge is 0.247 e. The predicted molar refractivity (Wildman–Crippen MR) is 438 cm³/mol. The standard InChI is InChI=1S/C25H17F2N3O2.C25H17F2N3OS.2C22H11F3N2O/c2*1-14-6-7-16(25-29-28-15(2)32-25)12-19(14)24-22-5-3-4-21(30(22)11-10-23(24)31)18-9-8-17(26)13-20(18)27;23-15-5-2-1-4-14(15)18-6-3-7-19-22(20(28)8-9-27(18)19)21-16(24)10-13(12-26)11-17(21)25;23-15-6-4-14(5-7-15)18-2-1-3-19-22(20(28)8-9-27(18)19)21-16(24)10-13(12-26)11-17(21)25/h2*3-13H,1-2H3;2*1-11H. The summed E-state index contributed by atoms with van der Waals surface area (Å²) in [5.41, 5.74) is 7.89. The molecule has 0 saturated carbocycles. The summed E-state index contributed by atoms with van der Waals surface area (Å²) < 4.78 is 154. The quantitative estimate of drug-likeness (QED) is 0.118. The van der Waals surface area contributed by atoms with Crippen LogP contribution in [0.5, 0.6) is 0 Å². The molecule has 18 aromatic rings. The number of aromatic nitrogens is 8. The summed E-state index contributed by atoms with van der Waals surface area (Å²) in [5.74, 6) is -6.70. The zero-order chi connectivity index (χ0) is 84.5. The van der Waals surface area contributed by atoms with E-state index in [9.17, 15) is 63.1 Å². The highest BCUT2D eigenvalue weighted by atomic mass is 32.1. The minimum atomic E-state index is -1.02. The fourth-order valence-corrected chi connectivity index (χ4v) is 14.9. The summed E-state index contributed by atoms with van der Waals surface area (Å²) in [7, 11) is 0. The van der Waals surface area contributed by atoms with E-state index in [0.29, 0.717) is 73.4 Å². The van der Waals surface area contributed by atoms with Crippen molar-refractivity contribution >= 4 is 33.4 Å². The summed E-state index contributed by atoms with van der Waals surface area (Å²) in [6.07, 6.45) is 6.15. The van der Waals surface area contributed by atoms with Crippen LogP contribution in [0.4, 0.5) is 43.9 Å². The Bertz CT molecular complexity index is 7250. The lowest BCUT2D eigenvalue weighted by molar-refractivity contribution is 0.533. The highest BCUT2D eigenvalue weighted by Gasteiger charge is 2.25. The Morgan fingerprint density at radius 2 is 0.700 bits per heavy atom. The molecular weight excluding hydrogens is 1570 g/mol. The van der Waals surface area contributed by atoms with Gasteiger partial charge in [-0.1, -0.05) is 65.9 Å². The van der Waals surface area contributed by atoms with Gasteiger partial charge in [-0.3, -0.25) is 19.2 Å². The first-order chi connectivity index (χ1) is 57.8. The van der Waals surface area contributed by atoms with Crippen LogP contribution in [-0.4, -0.2) is 38.0 Å². The van der Waals surface area contributed by atoms with Crippen molar-refractivity contribution in [2.24, 2.45) is 0 Å². The van der Waals surface area contributed by atoms with Gasteiger partial charge in [0.15, 0.2) is 21.7 Å². The molecule has 0 spiro atoms. The summed E-state index contributed by atoms with van der Waals surface area (Å²) >= 11 is 1.48. The van der Waals surface area contributed by atoms with Crippen LogP contribution in [0.15, 0.2) is 291 Å². The predicted octanol–water partition coefficient (Wildman–Crippen LogP) is 21.5. The van der Waals surface area contributed by atoms with Crippen LogP contribution in [-0.2, 0) is 0 Å². The van der Waals surface area contributed by atoms with E-state index in [1.165, 1.54) is 101 Å². The average molecular weight is 1630 g/mol. The maximum absolute atomic E-state index is 14.6. The minimum absolute atomic E-state index is 0.143. The van der Waals surface area contributed by atoms with E-state index < -0.39 is 80.2 Å². The van der Waals surface area contributed by atoms with Gasteiger partial charge in [0.25, 0.3) is 0 Å². The van der Waals surface area contributed by atoms with Gasteiger partial charge in [-0.15, -0.1) is 20.4 Å². The summed E-state index contributed by atoms with van der Waals surface area (Å²) in [6, 6.07) is 62.7. The van der Waals surface area contributed by atoms with Gasteiger partial charge in [-0.2, -0.15) is 10.5 Å². The first-order valence-electron chi connectivity index (χ1n) is 36.5. The van der Waals surface area contributed by atoms with Gasteiger partial charge in [-0.05, 0) is 200 Å². The molecule has 0 atom stereocenters. The number of halogens is 10. The second-order valence-corrected chi connectivity index (χ2v) is 28.5. The second kappa shape index (κ2) is 33.4. The first kappa shape index (κ1) is 79.7.